The van der Waals surface area contributed by atoms with Crippen molar-refractivity contribution in [1.29, 1.82) is 0 Å². The van der Waals surface area contributed by atoms with Crippen LogP contribution in [0.4, 0.5) is 11.4 Å². The van der Waals surface area contributed by atoms with E-state index in [9.17, 15) is 14.9 Å². The average molecular weight is 288 g/mol. The number of halogens is 1. The standard InChI is InChI=1S/C12H17N3O3.ClH/c1-8-3-5-10(15(17)18)7-11(8)14-12(16)6-4-9(2)13;/h3,5,7,9H,4,6,13H2,1-2H3,(H,14,16);1H. The van der Waals surface area contributed by atoms with Crippen LogP contribution in [0, 0.1) is 17.0 Å². The Labute approximate surface area is 117 Å². The van der Waals surface area contributed by atoms with Crippen molar-refractivity contribution in [1.82, 2.24) is 0 Å². The summed E-state index contributed by atoms with van der Waals surface area (Å²) in [5, 5.41) is 13.3. The molecule has 1 aromatic carbocycles. The fourth-order valence-electron chi connectivity index (χ4n) is 1.43. The molecule has 0 bridgehead atoms. The average Bonchev–Trinajstić information content (AvgIpc) is 2.29. The molecule has 1 amide bonds. The first-order valence-corrected chi connectivity index (χ1v) is 5.70. The summed E-state index contributed by atoms with van der Waals surface area (Å²) < 4.78 is 0. The van der Waals surface area contributed by atoms with Crippen molar-refractivity contribution >= 4 is 29.7 Å². The van der Waals surface area contributed by atoms with Gasteiger partial charge in [0.1, 0.15) is 0 Å². The zero-order valence-electron chi connectivity index (χ0n) is 10.9. The van der Waals surface area contributed by atoms with Crippen LogP contribution in [0.3, 0.4) is 0 Å². The van der Waals surface area contributed by atoms with E-state index in [1.165, 1.54) is 12.1 Å². The van der Waals surface area contributed by atoms with E-state index in [4.69, 9.17) is 5.73 Å². The number of nitrogens with zero attached hydrogens (tertiary/aromatic N) is 1. The van der Waals surface area contributed by atoms with Crippen LogP contribution in [0.25, 0.3) is 0 Å². The topological polar surface area (TPSA) is 98.3 Å². The van der Waals surface area contributed by atoms with Crippen molar-refractivity contribution < 1.29 is 9.72 Å². The number of benzene rings is 1. The van der Waals surface area contributed by atoms with Gasteiger partial charge >= 0.3 is 0 Å². The van der Waals surface area contributed by atoms with Gasteiger partial charge in [-0.1, -0.05) is 6.07 Å². The monoisotopic (exact) mass is 287 g/mol. The quantitative estimate of drug-likeness (QED) is 0.641. The van der Waals surface area contributed by atoms with Gasteiger partial charge in [0.2, 0.25) is 5.91 Å². The SMILES string of the molecule is Cc1ccc([N+](=O)[O-])cc1NC(=O)CCC(C)N.Cl. The summed E-state index contributed by atoms with van der Waals surface area (Å²) in [6.07, 6.45) is 0.888. The predicted octanol–water partition coefficient (Wildman–Crippen LogP) is 2.39. The third-order valence-electron chi connectivity index (χ3n) is 2.53. The lowest BCUT2D eigenvalue weighted by Crippen LogP contribution is -2.19. The lowest BCUT2D eigenvalue weighted by Gasteiger charge is -2.09. The molecule has 106 valence electrons. The van der Waals surface area contributed by atoms with Gasteiger partial charge in [0.05, 0.1) is 10.6 Å². The Morgan fingerprint density at radius 3 is 2.68 bits per heavy atom. The predicted molar refractivity (Wildman–Crippen MR) is 76.6 cm³/mol. The summed E-state index contributed by atoms with van der Waals surface area (Å²) in [5.74, 6) is -0.184. The van der Waals surface area contributed by atoms with Crippen molar-refractivity contribution in [3.8, 4) is 0 Å². The number of non-ortho nitro benzene ring substituents is 1. The Morgan fingerprint density at radius 1 is 1.53 bits per heavy atom. The third-order valence-corrected chi connectivity index (χ3v) is 2.53. The van der Waals surface area contributed by atoms with Crippen molar-refractivity contribution in [2.75, 3.05) is 5.32 Å². The molecule has 0 radical (unpaired) electrons. The molecule has 0 saturated carbocycles. The van der Waals surface area contributed by atoms with Crippen LogP contribution >= 0.6 is 12.4 Å². The van der Waals surface area contributed by atoms with E-state index in [0.717, 1.165) is 5.56 Å². The highest BCUT2D eigenvalue weighted by Gasteiger charge is 2.11. The van der Waals surface area contributed by atoms with E-state index in [2.05, 4.69) is 5.32 Å². The van der Waals surface area contributed by atoms with Gasteiger partial charge < -0.3 is 11.1 Å². The van der Waals surface area contributed by atoms with Crippen molar-refractivity contribution in [3.63, 3.8) is 0 Å². The molecule has 0 aliphatic heterocycles. The number of amides is 1. The summed E-state index contributed by atoms with van der Waals surface area (Å²) in [5.41, 5.74) is 6.78. The summed E-state index contributed by atoms with van der Waals surface area (Å²) in [4.78, 5) is 21.8. The molecule has 1 unspecified atom stereocenters. The Hall–Kier alpha value is -1.66. The molecule has 0 saturated heterocycles. The van der Waals surface area contributed by atoms with Crippen LogP contribution in [-0.2, 0) is 4.79 Å². The second-order valence-corrected chi connectivity index (χ2v) is 4.32. The molecule has 1 aromatic rings. The van der Waals surface area contributed by atoms with Crippen molar-refractivity contribution in [2.45, 2.75) is 32.7 Å². The highest BCUT2D eigenvalue weighted by atomic mass is 35.5. The Balaban J connectivity index is 0.00000324. The summed E-state index contributed by atoms with van der Waals surface area (Å²) >= 11 is 0. The minimum absolute atomic E-state index is 0. The van der Waals surface area contributed by atoms with Gasteiger partial charge in [-0.15, -0.1) is 12.4 Å². The molecule has 0 heterocycles. The number of carbonyl (C=O) groups is 1. The minimum atomic E-state index is -0.489. The highest BCUT2D eigenvalue weighted by molar-refractivity contribution is 5.91. The van der Waals surface area contributed by atoms with Gasteiger partial charge in [-0.2, -0.15) is 0 Å². The number of rotatable bonds is 5. The van der Waals surface area contributed by atoms with Crippen LogP contribution in [-0.4, -0.2) is 16.9 Å². The van der Waals surface area contributed by atoms with Crippen LogP contribution in [0.5, 0.6) is 0 Å². The Bertz CT molecular complexity index is 464. The Morgan fingerprint density at radius 2 is 2.16 bits per heavy atom. The molecule has 0 fully saturated rings. The van der Waals surface area contributed by atoms with Crippen LogP contribution in [0.1, 0.15) is 25.3 Å². The number of nitrogens with two attached hydrogens (primary N) is 1. The molecule has 0 aromatic heterocycles. The first-order chi connectivity index (χ1) is 8.40. The highest BCUT2D eigenvalue weighted by Crippen LogP contribution is 2.22. The molecule has 1 atom stereocenters. The zero-order valence-corrected chi connectivity index (χ0v) is 11.7. The molecule has 1 rings (SSSR count). The number of carbonyl (C=O) groups excluding carboxylic acids is 1. The zero-order chi connectivity index (χ0) is 13.7. The maximum Gasteiger partial charge on any atom is 0.271 e. The van der Waals surface area contributed by atoms with E-state index in [-0.39, 0.29) is 30.0 Å². The molecule has 0 aliphatic rings. The lowest BCUT2D eigenvalue weighted by atomic mass is 10.1. The first-order valence-electron chi connectivity index (χ1n) is 5.70. The molecular formula is C12H18ClN3O3. The fourth-order valence-corrected chi connectivity index (χ4v) is 1.43. The summed E-state index contributed by atoms with van der Waals surface area (Å²) in [7, 11) is 0. The molecule has 7 heteroatoms. The van der Waals surface area contributed by atoms with Gasteiger partial charge in [-0.25, -0.2) is 0 Å². The van der Waals surface area contributed by atoms with E-state index >= 15 is 0 Å². The second-order valence-electron chi connectivity index (χ2n) is 4.32. The van der Waals surface area contributed by atoms with Crippen molar-refractivity contribution in [2.24, 2.45) is 5.73 Å². The number of hydrogen-bond acceptors (Lipinski definition) is 4. The molecule has 0 aliphatic carbocycles. The fraction of sp³-hybridized carbons (Fsp3) is 0.417. The van der Waals surface area contributed by atoms with Crippen molar-refractivity contribution in [3.05, 3.63) is 33.9 Å². The largest absolute Gasteiger partial charge is 0.328 e. The van der Waals surface area contributed by atoms with Gasteiger partial charge in [-0.05, 0) is 25.8 Å². The number of anilines is 1. The normalized spacial score (nSPS) is 11.3. The van der Waals surface area contributed by atoms with E-state index in [1.807, 2.05) is 6.92 Å². The van der Waals surface area contributed by atoms with Crippen LogP contribution in [0.2, 0.25) is 0 Å². The van der Waals surface area contributed by atoms with E-state index < -0.39 is 4.92 Å². The molecular weight excluding hydrogens is 270 g/mol. The Kier molecular flexibility index (Phi) is 7.03. The van der Waals surface area contributed by atoms with Crippen LogP contribution in [0.15, 0.2) is 18.2 Å². The van der Waals surface area contributed by atoms with Crippen LogP contribution < -0.4 is 11.1 Å². The second kappa shape index (κ2) is 7.70. The van der Waals surface area contributed by atoms with Gasteiger partial charge in [0, 0.05) is 24.6 Å². The van der Waals surface area contributed by atoms with Gasteiger partial charge in [-0.3, -0.25) is 14.9 Å². The lowest BCUT2D eigenvalue weighted by molar-refractivity contribution is -0.384. The smallest absolute Gasteiger partial charge is 0.271 e. The van der Waals surface area contributed by atoms with E-state index in [1.54, 1.807) is 13.0 Å². The van der Waals surface area contributed by atoms with Gasteiger partial charge in [0.15, 0.2) is 0 Å². The molecule has 3 N–H and O–H groups in total. The molecule has 0 spiro atoms. The molecule has 6 nitrogen and oxygen atoms in total. The van der Waals surface area contributed by atoms with E-state index in [0.29, 0.717) is 18.5 Å². The summed E-state index contributed by atoms with van der Waals surface area (Å²) in [6.45, 7) is 3.61. The summed E-state index contributed by atoms with van der Waals surface area (Å²) in [6, 6.07) is 4.34. The maximum atomic E-state index is 11.6. The minimum Gasteiger partial charge on any atom is -0.328 e. The number of hydrogen-bond donors (Lipinski definition) is 2. The first kappa shape index (κ1) is 17.3. The number of aryl methyl sites for hydroxylation is 1. The molecule has 19 heavy (non-hydrogen) atoms. The van der Waals surface area contributed by atoms with Gasteiger partial charge in [0.25, 0.3) is 5.69 Å². The number of nitro groups is 1. The maximum absolute atomic E-state index is 11.6. The number of nitro benzene ring substituents is 1. The number of nitrogens with one attached hydrogen (secondary N) is 1. The third kappa shape index (κ3) is 5.67.